The minimum atomic E-state index is -0.532. The molecule has 0 aliphatic heterocycles. The third kappa shape index (κ3) is 3.01. The Labute approximate surface area is 81.1 Å². The maximum absolute atomic E-state index is 11.1. The number of hydrogen-bond donors (Lipinski definition) is 2. The van der Waals surface area contributed by atoms with Gasteiger partial charge in [-0.3, -0.25) is 4.79 Å². The molecule has 70 valence electrons. The molecule has 0 aliphatic rings. The van der Waals surface area contributed by atoms with Gasteiger partial charge in [0.05, 0.1) is 17.9 Å². The van der Waals surface area contributed by atoms with E-state index < -0.39 is 6.04 Å². The van der Waals surface area contributed by atoms with E-state index in [1.54, 1.807) is 19.1 Å². The standard InChI is InChI=1S/C8H10ClN3O/c1-5(10)8(13)12-6-2-3-7(9)11-4-6/h2-5H,10H2,1H3,(H,12,13). The van der Waals surface area contributed by atoms with E-state index >= 15 is 0 Å². The molecule has 0 radical (unpaired) electrons. The Kier molecular flexibility index (Phi) is 3.22. The third-order valence-electron chi connectivity index (χ3n) is 1.41. The van der Waals surface area contributed by atoms with E-state index in [1.165, 1.54) is 6.20 Å². The molecular formula is C8H10ClN3O. The Morgan fingerprint density at radius 1 is 1.69 bits per heavy atom. The summed E-state index contributed by atoms with van der Waals surface area (Å²) in [6.45, 7) is 1.61. The van der Waals surface area contributed by atoms with Crippen LogP contribution in [0.1, 0.15) is 6.92 Å². The SMILES string of the molecule is CC(N)C(=O)Nc1ccc(Cl)nc1. The van der Waals surface area contributed by atoms with Crippen LogP contribution < -0.4 is 11.1 Å². The molecule has 0 saturated heterocycles. The Morgan fingerprint density at radius 3 is 2.85 bits per heavy atom. The van der Waals surface area contributed by atoms with Crippen LogP contribution in [0.15, 0.2) is 18.3 Å². The van der Waals surface area contributed by atoms with Crippen molar-refractivity contribution in [3.63, 3.8) is 0 Å². The molecule has 1 heterocycles. The second kappa shape index (κ2) is 4.20. The summed E-state index contributed by atoms with van der Waals surface area (Å²) in [6.07, 6.45) is 1.47. The molecule has 1 rings (SSSR count). The van der Waals surface area contributed by atoms with Gasteiger partial charge in [0.2, 0.25) is 5.91 Å². The van der Waals surface area contributed by atoms with Gasteiger partial charge in [-0.2, -0.15) is 0 Å². The first-order chi connectivity index (χ1) is 6.09. The normalized spacial score (nSPS) is 12.2. The number of anilines is 1. The maximum Gasteiger partial charge on any atom is 0.241 e. The molecule has 5 heteroatoms. The Bertz CT molecular complexity index is 297. The molecular weight excluding hydrogens is 190 g/mol. The van der Waals surface area contributed by atoms with Gasteiger partial charge in [-0.1, -0.05) is 11.6 Å². The fourth-order valence-corrected chi connectivity index (χ4v) is 0.818. The molecule has 0 bridgehead atoms. The molecule has 0 fully saturated rings. The first-order valence-electron chi connectivity index (χ1n) is 3.77. The van der Waals surface area contributed by atoms with E-state index in [0.717, 1.165) is 0 Å². The summed E-state index contributed by atoms with van der Waals surface area (Å²) in [4.78, 5) is 14.9. The van der Waals surface area contributed by atoms with Crippen molar-refractivity contribution in [2.24, 2.45) is 5.73 Å². The van der Waals surface area contributed by atoms with Crippen molar-refractivity contribution in [3.8, 4) is 0 Å². The predicted octanol–water partition coefficient (Wildman–Crippen LogP) is 1.02. The van der Waals surface area contributed by atoms with E-state index in [2.05, 4.69) is 10.3 Å². The minimum Gasteiger partial charge on any atom is -0.323 e. The van der Waals surface area contributed by atoms with Gasteiger partial charge in [-0.25, -0.2) is 4.98 Å². The number of amides is 1. The Morgan fingerprint density at radius 2 is 2.38 bits per heavy atom. The molecule has 3 N–H and O–H groups in total. The molecule has 1 amide bonds. The quantitative estimate of drug-likeness (QED) is 0.699. The summed E-state index contributed by atoms with van der Waals surface area (Å²) >= 11 is 5.56. The van der Waals surface area contributed by atoms with Gasteiger partial charge >= 0.3 is 0 Å². The Hall–Kier alpha value is -1.13. The molecule has 0 saturated carbocycles. The van der Waals surface area contributed by atoms with Crippen LogP contribution in [-0.4, -0.2) is 16.9 Å². The highest BCUT2D eigenvalue weighted by Crippen LogP contribution is 2.09. The highest BCUT2D eigenvalue weighted by Gasteiger charge is 2.06. The van der Waals surface area contributed by atoms with E-state index in [9.17, 15) is 4.79 Å². The lowest BCUT2D eigenvalue weighted by Gasteiger charge is -2.06. The third-order valence-corrected chi connectivity index (χ3v) is 1.63. The van der Waals surface area contributed by atoms with Crippen LogP contribution in [0.25, 0.3) is 0 Å². The van der Waals surface area contributed by atoms with Crippen LogP contribution in [0.3, 0.4) is 0 Å². The van der Waals surface area contributed by atoms with Gasteiger partial charge in [0.25, 0.3) is 0 Å². The summed E-state index contributed by atoms with van der Waals surface area (Å²) in [6, 6.07) is 2.73. The largest absolute Gasteiger partial charge is 0.323 e. The average Bonchev–Trinajstić information content (AvgIpc) is 2.08. The lowest BCUT2D eigenvalue weighted by molar-refractivity contribution is -0.117. The van der Waals surface area contributed by atoms with Crippen molar-refractivity contribution in [1.29, 1.82) is 0 Å². The second-order valence-electron chi connectivity index (χ2n) is 2.65. The summed E-state index contributed by atoms with van der Waals surface area (Å²) in [5, 5.41) is 2.97. The summed E-state index contributed by atoms with van der Waals surface area (Å²) < 4.78 is 0. The fraction of sp³-hybridized carbons (Fsp3) is 0.250. The number of rotatable bonds is 2. The van der Waals surface area contributed by atoms with Crippen molar-refractivity contribution < 1.29 is 4.79 Å². The van der Waals surface area contributed by atoms with Crippen LogP contribution in [-0.2, 0) is 4.79 Å². The van der Waals surface area contributed by atoms with Crippen LogP contribution in [0, 0.1) is 0 Å². The van der Waals surface area contributed by atoms with Gasteiger partial charge in [0, 0.05) is 0 Å². The van der Waals surface area contributed by atoms with Crippen molar-refractivity contribution in [1.82, 2.24) is 4.98 Å². The summed E-state index contributed by atoms with van der Waals surface area (Å²) in [5.74, 6) is -0.246. The second-order valence-corrected chi connectivity index (χ2v) is 3.03. The minimum absolute atomic E-state index is 0.246. The molecule has 0 aliphatic carbocycles. The number of carbonyl (C=O) groups excluding carboxylic acids is 1. The summed E-state index contributed by atoms with van der Waals surface area (Å²) in [5.41, 5.74) is 5.94. The zero-order chi connectivity index (χ0) is 9.84. The van der Waals surface area contributed by atoms with Crippen molar-refractivity contribution in [3.05, 3.63) is 23.5 Å². The highest BCUT2D eigenvalue weighted by atomic mass is 35.5. The molecule has 0 aromatic carbocycles. The highest BCUT2D eigenvalue weighted by molar-refractivity contribution is 6.29. The van der Waals surface area contributed by atoms with Crippen molar-refractivity contribution in [2.75, 3.05) is 5.32 Å². The lowest BCUT2D eigenvalue weighted by Crippen LogP contribution is -2.32. The monoisotopic (exact) mass is 199 g/mol. The summed E-state index contributed by atoms with van der Waals surface area (Å²) in [7, 11) is 0. The number of halogens is 1. The van der Waals surface area contributed by atoms with Gasteiger partial charge < -0.3 is 11.1 Å². The number of carbonyl (C=O) groups is 1. The van der Waals surface area contributed by atoms with Gasteiger partial charge in [-0.05, 0) is 19.1 Å². The number of aromatic nitrogens is 1. The zero-order valence-electron chi connectivity index (χ0n) is 7.12. The average molecular weight is 200 g/mol. The van der Waals surface area contributed by atoms with E-state index in [-0.39, 0.29) is 5.91 Å². The molecule has 13 heavy (non-hydrogen) atoms. The molecule has 1 aromatic heterocycles. The lowest BCUT2D eigenvalue weighted by atomic mass is 10.3. The van der Waals surface area contributed by atoms with Crippen LogP contribution in [0.4, 0.5) is 5.69 Å². The predicted molar refractivity (Wildman–Crippen MR) is 51.5 cm³/mol. The van der Waals surface area contributed by atoms with Gasteiger partial charge in [0.15, 0.2) is 0 Å². The number of nitrogens with two attached hydrogens (primary N) is 1. The maximum atomic E-state index is 11.1. The smallest absolute Gasteiger partial charge is 0.241 e. The van der Waals surface area contributed by atoms with Crippen LogP contribution >= 0.6 is 11.6 Å². The Balaban J connectivity index is 2.65. The van der Waals surface area contributed by atoms with Gasteiger partial charge in [0.1, 0.15) is 5.15 Å². The first kappa shape index (κ1) is 9.95. The molecule has 1 unspecified atom stereocenters. The van der Waals surface area contributed by atoms with Crippen LogP contribution in [0.5, 0.6) is 0 Å². The number of hydrogen-bond acceptors (Lipinski definition) is 3. The molecule has 0 spiro atoms. The van der Waals surface area contributed by atoms with E-state index in [4.69, 9.17) is 17.3 Å². The zero-order valence-corrected chi connectivity index (χ0v) is 7.88. The van der Waals surface area contributed by atoms with Crippen LogP contribution in [0.2, 0.25) is 5.15 Å². The molecule has 4 nitrogen and oxygen atoms in total. The van der Waals surface area contributed by atoms with Crippen molar-refractivity contribution in [2.45, 2.75) is 13.0 Å². The number of pyridine rings is 1. The fourth-order valence-electron chi connectivity index (χ4n) is 0.706. The first-order valence-corrected chi connectivity index (χ1v) is 4.15. The number of nitrogens with one attached hydrogen (secondary N) is 1. The van der Waals surface area contributed by atoms with E-state index in [0.29, 0.717) is 10.8 Å². The van der Waals surface area contributed by atoms with Gasteiger partial charge in [-0.15, -0.1) is 0 Å². The molecule has 1 atom stereocenters. The van der Waals surface area contributed by atoms with Crippen molar-refractivity contribution >= 4 is 23.2 Å². The number of nitrogens with zero attached hydrogens (tertiary/aromatic N) is 1. The van der Waals surface area contributed by atoms with E-state index in [1.807, 2.05) is 0 Å². The topological polar surface area (TPSA) is 68.0 Å². The molecule has 1 aromatic rings.